The van der Waals surface area contributed by atoms with Crippen molar-refractivity contribution >= 4 is 17.5 Å². The van der Waals surface area contributed by atoms with Crippen molar-refractivity contribution in [3.05, 3.63) is 17.4 Å². The first-order chi connectivity index (χ1) is 6.68. The predicted molar refractivity (Wildman–Crippen MR) is 58.4 cm³/mol. The van der Waals surface area contributed by atoms with Crippen molar-refractivity contribution in [1.82, 2.24) is 9.97 Å². The van der Waals surface area contributed by atoms with Gasteiger partial charge in [0.15, 0.2) is 0 Å². The standard InChI is InChI=1S/C9H15ClN4/c1-7(11)3-2-4-12-9-13-5-8(10)6-14-9/h5-7H,2-4,11H2,1H3,(H,12,13,14). The molecule has 0 saturated heterocycles. The first-order valence-corrected chi connectivity index (χ1v) is 5.03. The van der Waals surface area contributed by atoms with Crippen molar-refractivity contribution in [1.29, 1.82) is 0 Å². The van der Waals surface area contributed by atoms with Gasteiger partial charge in [-0.15, -0.1) is 0 Å². The summed E-state index contributed by atoms with van der Waals surface area (Å²) < 4.78 is 0. The second kappa shape index (κ2) is 5.78. The molecule has 0 aliphatic rings. The molecule has 78 valence electrons. The highest BCUT2D eigenvalue weighted by Gasteiger charge is 1.96. The van der Waals surface area contributed by atoms with E-state index >= 15 is 0 Å². The van der Waals surface area contributed by atoms with E-state index in [9.17, 15) is 0 Å². The summed E-state index contributed by atoms with van der Waals surface area (Å²) in [6.07, 6.45) is 5.16. The second-order valence-electron chi connectivity index (χ2n) is 3.27. The molecule has 1 aromatic heterocycles. The van der Waals surface area contributed by atoms with Crippen molar-refractivity contribution in [3.63, 3.8) is 0 Å². The molecule has 1 aromatic rings. The van der Waals surface area contributed by atoms with Crippen LogP contribution >= 0.6 is 11.6 Å². The summed E-state index contributed by atoms with van der Waals surface area (Å²) in [5.74, 6) is 0.610. The zero-order valence-corrected chi connectivity index (χ0v) is 8.96. The van der Waals surface area contributed by atoms with Gasteiger partial charge >= 0.3 is 0 Å². The molecule has 5 heteroatoms. The lowest BCUT2D eigenvalue weighted by molar-refractivity contribution is 0.638. The van der Waals surface area contributed by atoms with Crippen molar-refractivity contribution in [3.8, 4) is 0 Å². The number of halogens is 1. The summed E-state index contributed by atoms with van der Waals surface area (Å²) in [6.45, 7) is 2.84. The van der Waals surface area contributed by atoms with Crippen molar-refractivity contribution in [2.45, 2.75) is 25.8 Å². The Balaban J connectivity index is 2.21. The molecule has 14 heavy (non-hydrogen) atoms. The van der Waals surface area contributed by atoms with Crippen LogP contribution in [-0.2, 0) is 0 Å². The maximum atomic E-state index is 5.65. The van der Waals surface area contributed by atoms with E-state index in [1.807, 2.05) is 6.92 Å². The summed E-state index contributed by atoms with van der Waals surface area (Å²) in [4.78, 5) is 8.02. The minimum absolute atomic E-state index is 0.253. The van der Waals surface area contributed by atoms with E-state index < -0.39 is 0 Å². The van der Waals surface area contributed by atoms with Crippen LogP contribution in [0.25, 0.3) is 0 Å². The smallest absolute Gasteiger partial charge is 0.222 e. The topological polar surface area (TPSA) is 63.8 Å². The predicted octanol–water partition coefficient (Wildman–Crippen LogP) is 1.67. The third-order valence-corrected chi connectivity index (χ3v) is 1.93. The van der Waals surface area contributed by atoms with E-state index in [0.29, 0.717) is 11.0 Å². The Morgan fingerprint density at radius 1 is 1.50 bits per heavy atom. The molecule has 0 fully saturated rings. The van der Waals surface area contributed by atoms with E-state index in [0.717, 1.165) is 19.4 Å². The maximum Gasteiger partial charge on any atom is 0.222 e. The molecule has 0 aliphatic heterocycles. The van der Waals surface area contributed by atoms with Gasteiger partial charge in [-0.25, -0.2) is 9.97 Å². The van der Waals surface area contributed by atoms with E-state index in [4.69, 9.17) is 17.3 Å². The van der Waals surface area contributed by atoms with E-state index in [1.54, 1.807) is 12.4 Å². The van der Waals surface area contributed by atoms with Crippen LogP contribution in [0.15, 0.2) is 12.4 Å². The third-order valence-electron chi connectivity index (χ3n) is 1.74. The highest BCUT2D eigenvalue weighted by Crippen LogP contribution is 2.05. The quantitative estimate of drug-likeness (QED) is 0.732. The van der Waals surface area contributed by atoms with Gasteiger partial charge in [0.05, 0.1) is 17.4 Å². The van der Waals surface area contributed by atoms with Gasteiger partial charge in [-0.05, 0) is 19.8 Å². The number of hydrogen-bond acceptors (Lipinski definition) is 4. The Morgan fingerprint density at radius 2 is 2.14 bits per heavy atom. The summed E-state index contributed by atoms with van der Waals surface area (Å²) in [5.41, 5.74) is 5.62. The van der Waals surface area contributed by atoms with Gasteiger partial charge in [-0.3, -0.25) is 0 Å². The highest BCUT2D eigenvalue weighted by molar-refractivity contribution is 6.30. The molecule has 1 rings (SSSR count). The van der Waals surface area contributed by atoms with Crippen LogP contribution in [0.5, 0.6) is 0 Å². The maximum absolute atomic E-state index is 5.65. The summed E-state index contributed by atoms with van der Waals surface area (Å²) in [7, 11) is 0. The molecule has 4 nitrogen and oxygen atoms in total. The normalized spacial score (nSPS) is 12.5. The number of rotatable bonds is 5. The van der Waals surface area contributed by atoms with Gasteiger partial charge < -0.3 is 11.1 Å². The fourth-order valence-electron chi connectivity index (χ4n) is 1.03. The largest absolute Gasteiger partial charge is 0.354 e. The molecule has 1 heterocycles. The Bertz CT molecular complexity index is 260. The number of nitrogens with two attached hydrogens (primary N) is 1. The molecule has 0 aliphatic carbocycles. The molecular weight excluding hydrogens is 200 g/mol. The van der Waals surface area contributed by atoms with Crippen LogP contribution in [0, 0.1) is 0 Å². The number of anilines is 1. The molecule has 1 atom stereocenters. The third kappa shape index (κ3) is 4.39. The summed E-state index contributed by atoms with van der Waals surface area (Å²) in [6, 6.07) is 0.253. The monoisotopic (exact) mass is 214 g/mol. The fraction of sp³-hybridized carbons (Fsp3) is 0.556. The zero-order chi connectivity index (χ0) is 10.4. The van der Waals surface area contributed by atoms with Crippen molar-refractivity contribution in [2.24, 2.45) is 5.73 Å². The summed E-state index contributed by atoms with van der Waals surface area (Å²) >= 11 is 5.65. The molecule has 1 unspecified atom stereocenters. The zero-order valence-electron chi connectivity index (χ0n) is 8.20. The average molecular weight is 215 g/mol. The van der Waals surface area contributed by atoms with E-state index in [-0.39, 0.29) is 6.04 Å². The van der Waals surface area contributed by atoms with Crippen LogP contribution in [0.2, 0.25) is 5.02 Å². The fourth-order valence-corrected chi connectivity index (χ4v) is 1.13. The molecule has 0 bridgehead atoms. The number of nitrogens with zero attached hydrogens (tertiary/aromatic N) is 2. The molecule has 0 aromatic carbocycles. The van der Waals surface area contributed by atoms with E-state index in [1.165, 1.54) is 0 Å². The van der Waals surface area contributed by atoms with Gasteiger partial charge in [0.25, 0.3) is 0 Å². The number of hydrogen-bond donors (Lipinski definition) is 2. The number of aromatic nitrogens is 2. The van der Waals surface area contributed by atoms with Gasteiger partial charge in [-0.2, -0.15) is 0 Å². The average Bonchev–Trinajstić information content (AvgIpc) is 2.15. The molecule has 0 spiro atoms. The van der Waals surface area contributed by atoms with Crippen LogP contribution in [0.4, 0.5) is 5.95 Å². The Hall–Kier alpha value is -0.870. The molecule has 0 radical (unpaired) electrons. The lowest BCUT2D eigenvalue weighted by Gasteiger charge is -2.06. The Morgan fingerprint density at radius 3 is 2.71 bits per heavy atom. The molecule has 0 amide bonds. The lowest BCUT2D eigenvalue weighted by atomic mass is 10.2. The lowest BCUT2D eigenvalue weighted by Crippen LogP contribution is -2.16. The minimum atomic E-state index is 0.253. The Kier molecular flexibility index (Phi) is 4.62. The van der Waals surface area contributed by atoms with Gasteiger partial charge in [0.1, 0.15) is 0 Å². The second-order valence-corrected chi connectivity index (χ2v) is 3.71. The van der Waals surface area contributed by atoms with Gasteiger partial charge in [0.2, 0.25) is 5.95 Å². The van der Waals surface area contributed by atoms with Crippen LogP contribution in [0.1, 0.15) is 19.8 Å². The first kappa shape index (κ1) is 11.2. The highest BCUT2D eigenvalue weighted by atomic mass is 35.5. The molecule has 3 N–H and O–H groups in total. The first-order valence-electron chi connectivity index (χ1n) is 4.65. The van der Waals surface area contributed by atoms with Crippen LogP contribution < -0.4 is 11.1 Å². The minimum Gasteiger partial charge on any atom is -0.354 e. The SMILES string of the molecule is CC(N)CCCNc1ncc(Cl)cn1. The van der Waals surface area contributed by atoms with Gasteiger partial charge in [-0.1, -0.05) is 11.6 Å². The van der Waals surface area contributed by atoms with Crippen LogP contribution in [0.3, 0.4) is 0 Å². The van der Waals surface area contributed by atoms with E-state index in [2.05, 4.69) is 15.3 Å². The van der Waals surface area contributed by atoms with Gasteiger partial charge in [0, 0.05) is 12.6 Å². The Labute approximate surface area is 88.9 Å². The van der Waals surface area contributed by atoms with Crippen LogP contribution in [-0.4, -0.2) is 22.6 Å². The van der Waals surface area contributed by atoms with Crippen molar-refractivity contribution < 1.29 is 0 Å². The molecule has 0 saturated carbocycles. The summed E-state index contributed by atoms with van der Waals surface area (Å²) in [5, 5.41) is 3.64. The molecular formula is C9H15ClN4. The van der Waals surface area contributed by atoms with Crippen molar-refractivity contribution in [2.75, 3.05) is 11.9 Å². The number of nitrogens with one attached hydrogen (secondary N) is 1.